The molecule has 0 aliphatic heterocycles. The van der Waals surface area contributed by atoms with Crippen LogP contribution >= 0.6 is 23.2 Å². The predicted molar refractivity (Wildman–Crippen MR) is 144 cm³/mol. The van der Waals surface area contributed by atoms with Crippen LogP contribution < -0.4 is 14.8 Å². The van der Waals surface area contributed by atoms with Gasteiger partial charge in [-0.05, 0) is 48.0 Å². The SMILES string of the molecule is COC(=O)C(Cc1ccc2nc(-c3c(OC)cccc3OC)ccc2c1)NC(=O)c1c(Cl)cccc1Cl. The first-order chi connectivity index (χ1) is 17.9. The van der Waals surface area contributed by atoms with Crippen LogP contribution in [0.1, 0.15) is 15.9 Å². The van der Waals surface area contributed by atoms with Crippen LogP contribution in [0.2, 0.25) is 10.0 Å². The monoisotopic (exact) mass is 538 g/mol. The highest BCUT2D eigenvalue weighted by molar-refractivity contribution is 6.39. The lowest BCUT2D eigenvalue weighted by atomic mass is 10.0. The van der Waals surface area contributed by atoms with E-state index in [-0.39, 0.29) is 22.0 Å². The van der Waals surface area contributed by atoms with E-state index in [0.717, 1.165) is 22.0 Å². The molecule has 1 amide bonds. The first kappa shape index (κ1) is 26.3. The number of methoxy groups -OCH3 is 3. The highest BCUT2D eigenvalue weighted by Crippen LogP contribution is 2.37. The van der Waals surface area contributed by atoms with Gasteiger partial charge in [0.25, 0.3) is 5.91 Å². The molecule has 4 rings (SSSR count). The number of nitrogens with zero attached hydrogens (tertiary/aromatic N) is 1. The van der Waals surface area contributed by atoms with E-state index in [0.29, 0.717) is 17.2 Å². The van der Waals surface area contributed by atoms with Gasteiger partial charge < -0.3 is 19.5 Å². The Bertz CT molecular complexity index is 1430. The van der Waals surface area contributed by atoms with Crippen molar-refractivity contribution in [3.05, 3.63) is 87.9 Å². The van der Waals surface area contributed by atoms with Gasteiger partial charge in [-0.2, -0.15) is 0 Å². The number of hydrogen-bond acceptors (Lipinski definition) is 6. The zero-order chi connectivity index (χ0) is 26.5. The van der Waals surface area contributed by atoms with Crippen LogP contribution in [0.3, 0.4) is 0 Å². The lowest BCUT2D eigenvalue weighted by molar-refractivity contribution is -0.142. The summed E-state index contributed by atoms with van der Waals surface area (Å²) in [4.78, 5) is 30.2. The first-order valence-electron chi connectivity index (χ1n) is 11.3. The molecule has 1 heterocycles. The van der Waals surface area contributed by atoms with Crippen LogP contribution in [0.4, 0.5) is 0 Å². The van der Waals surface area contributed by atoms with Crippen LogP contribution in [-0.4, -0.2) is 44.2 Å². The fourth-order valence-electron chi connectivity index (χ4n) is 4.06. The second-order valence-electron chi connectivity index (χ2n) is 8.11. The van der Waals surface area contributed by atoms with Crippen molar-refractivity contribution in [2.45, 2.75) is 12.5 Å². The molecule has 3 aromatic carbocycles. The van der Waals surface area contributed by atoms with Crippen molar-refractivity contribution in [2.24, 2.45) is 0 Å². The summed E-state index contributed by atoms with van der Waals surface area (Å²) in [5.41, 5.74) is 3.10. The molecular formula is C28H24Cl2N2O5. The van der Waals surface area contributed by atoms with Crippen molar-refractivity contribution in [1.29, 1.82) is 0 Å². The molecule has 1 unspecified atom stereocenters. The third-order valence-electron chi connectivity index (χ3n) is 5.86. The van der Waals surface area contributed by atoms with E-state index in [1.807, 2.05) is 48.5 Å². The normalized spacial score (nSPS) is 11.6. The Kier molecular flexibility index (Phi) is 8.16. The number of fused-ring (bicyclic) bond motifs is 1. The Labute approximate surface area is 224 Å². The number of hydrogen-bond donors (Lipinski definition) is 1. The molecule has 0 saturated carbocycles. The van der Waals surface area contributed by atoms with E-state index in [2.05, 4.69) is 5.32 Å². The Morgan fingerprint density at radius 3 is 2.16 bits per heavy atom. The lowest BCUT2D eigenvalue weighted by Crippen LogP contribution is -2.43. The molecule has 0 aliphatic rings. The maximum Gasteiger partial charge on any atom is 0.328 e. The molecule has 0 aliphatic carbocycles. The van der Waals surface area contributed by atoms with E-state index in [1.54, 1.807) is 32.4 Å². The van der Waals surface area contributed by atoms with Crippen molar-refractivity contribution in [3.8, 4) is 22.8 Å². The van der Waals surface area contributed by atoms with E-state index in [1.165, 1.54) is 7.11 Å². The van der Waals surface area contributed by atoms with Crippen LogP contribution in [0.15, 0.2) is 66.7 Å². The quantitative estimate of drug-likeness (QED) is 0.288. The number of ether oxygens (including phenoxy) is 3. The summed E-state index contributed by atoms with van der Waals surface area (Å²) in [5, 5.41) is 3.93. The third-order valence-corrected chi connectivity index (χ3v) is 6.49. The molecule has 1 atom stereocenters. The highest BCUT2D eigenvalue weighted by atomic mass is 35.5. The van der Waals surface area contributed by atoms with Gasteiger partial charge in [-0.15, -0.1) is 0 Å². The Morgan fingerprint density at radius 2 is 1.54 bits per heavy atom. The minimum absolute atomic E-state index is 0.0988. The molecule has 1 N–H and O–H groups in total. The van der Waals surface area contributed by atoms with Crippen LogP contribution in [-0.2, 0) is 16.0 Å². The van der Waals surface area contributed by atoms with E-state index < -0.39 is 17.9 Å². The highest BCUT2D eigenvalue weighted by Gasteiger charge is 2.25. The molecule has 9 heteroatoms. The van der Waals surface area contributed by atoms with Gasteiger partial charge in [-0.25, -0.2) is 9.78 Å². The first-order valence-corrected chi connectivity index (χ1v) is 12.1. The Hall–Kier alpha value is -3.81. The van der Waals surface area contributed by atoms with Crippen molar-refractivity contribution >= 4 is 46.0 Å². The van der Waals surface area contributed by atoms with Crippen molar-refractivity contribution in [2.75, 3.05) is 21.3 Å². The zero-order valence-electron chi connectivity index (χ0n) is 20.4. The minimum atomic E-state index is -0.952. The van der Waals surface area contributed by atoms with Gasteiger partial charge in [0, 0.05) is 11.8 Å². The van der Waals surface area contributed by atoms with Gasteiger partial charge in [-0.1, -0.05) is 47.5 Å². The number of aromatic nitrogens is 1. The molecule has 0 spiro atoms. The van der Waals surface area contributed by atoms with Gasteiger partial charge >= 0.3 is 5.97 Å². The molecule has 7 nitrogen and oxygen atoms in total. The number of amides is 1. The van der Waals surface area contributed by atoms with Crippen molar-refractivity contribution < 1.29 is 23.8 Å². The lowest BCUT2D eigenvalue weighted by Gasteiger charge is -2.18. The molecule has 0 fully saturated rings. The Balaban J connectivity index is 1.62. The van der Waals surface area contributed by atoms with Gasteiger partial charge in [0.2, 0.25) is 0 Å². The number of carbonyl (C=O) groups excluding carboxylic acids is 2. The molecule has 1 aromatic heterocycles. The molecule has 37 heavy (non-hydrogen) atoms. The molecule has 4 aromatic rings. The summed E-state index contributed by atoms with van der Waals surface area (Å²) in [6.07, 6.45) is 0.193. The predicted octanol–water partition coefficient (Wildman–Crippen LogP) is 5.74. The average molecular weight is 539 g/mol. The topological polar surface area (TPSA) is 86.8 Å². The van der Waals surface area contributed by atoms with Gasteiger partial charge in [0.1, 0.15) is 17.5 Å². The standard InChI is InChI=1S/C28H24Cl2N2O5/c1-35-23-8-5-9-24(36-2)26(23)21-13-11-17-14-16(10-12-20(17)31-21)15-22(28(34)37-3)32-27(33)25-18(29)6-4-7-19(25)30/h4-14,22H,15H2,1-3H3,(H,32,33). The van der Waals surface area contributed by atoms with Gasteiger partial charge in [0.15, 0.2) is 0 Å². The number of halogens is 2. The minimum Gasteiger partial charge on any atom is -0.496 e. The summed E-state index contributed by atoms with van der Waals surface area (Å²) in [5.74, 6) is 0.147. The number of pyridine rings is 1. The van der Waals surface area contributed by atoms with E-state index in [9.17, 15) is 9.59 Å². The number of rotatable bonds is 8. The summed E-state index contributed by atoms with van der Waals surface area (Å²) in [6.45, 7) is 0. The molecule has 0 bridgehead atoms. The maximum absolute atomic E-state index is 12.9. The van der Waals surface area contributed by atoms with E-state index >= 15 is 0 Å². The molecule has 190 valence electrons. The molecular weight excluding hydrogens is 515 g/mol. The second kappa shape index (κ2) is 11.5. The number of carbonyl (C=O) groups is 2. The number of esters is 1. The summed E-state index contributed by atoms with van der Waals surface area (Å²) >= 11 is 12.3. The molecule has 0 radical (unpaired) electrons. The fraction of sp³-hybridized carbons (Fsp3) is 0.179. The van der Waals surface area contributed by atoms with E-state index in [4.69, 9.17) is 42.4 Å². The fourth-order valence-corrected chi connectivity index (χ4v) is 4.63. The number of benzene rings is 3. The summed E-state index contributed by atoms with van der Waals surface area (Å²) in [7, 11) is 4.46. The molecule has 0 saturated heterocycles. The largest absolute Gasteiger partial charge is 0.496 e. The third kappa shape index (κ3) is 5.63. The maximum atomic E-state index is 12.9. The van der Waals surface area contributed by atoms with Gasteiger partial charge in [0.05, 0.1) is 53.7 Å². The second-order valence-corrected chi connectivity index (χ2v) is 8.93. The van der Waals surface area contributed by atoms with Gasteiger partial charge in [-0.3, -0.25) is 4.79 Å². The van der Waals surface area contributed by atoms with Crippen LogP contribution in [0.25, 0.3) is 22.2 Å². The smallest absolute Gasteiger partial charge is 0.328 e. The number of nitrogens with one attached hydrogen (secondary N) is 1. The van der Waals surface area contributed by atoms with Crippen LogP contribution in [0.5, 0.6) is 11.5 Å². The summed E-state index contributed by atoms with van der Waals surface area (Å²) < 4.78 is 15.9. The Morgan fingerprint density at radius 1 is 0.892 bits per heavy atom. The average Bonchev–Trinajstić information content (AvgIpc) is 2.91. The van der Waals surface area contributed by atoms with Crippen LogP contribution in [0, 0.1) is 0 Å². The summed E-state index contributed by atoms with van der Waals surface area (Å²) in [6, 6.07) is 18.8. The zero-order valence-corrected chi connectivity index (χ0v) is 21.9. The van der Waals surface area contributed by atoms with Crippen molar-refractivity contribution in [3.63, 3.8) is 0 Å². The van der Waals surface area contributed by atoms with Crippen molar-refractivity contribution in [1.82, 2.24) is 10.3 Å².